The van der Waals surface area contributed by atoms with Crippen LogP contribution < -0.4 is 11.3 Å². The van der Waals surface area contributed by atoms with Crippen molar-refractivity contribution in [2.45, 2.75) is 33.6 Å². The lowest BCUT2D eigenvalue weighted by Gasteiger charge is -2.18. The lowest BCUT2D eigenvalue weighted by Crippen LogP contribution is -2.13. The number of aromatic nitrogens is 1. The number of nitrogen functional groups attached to an aromatic ring is 1. The van der Waals surface area contributed by atoms with Crippen molar-refractivity contribution in [3.63, 3.8) is 0 Å². The second kappa shape index (κ2) is 4.75. The zero-order chi connectivity index (χ0) is 13.4. The van der Waals surface area contributed by atoms with Gasteiger partial charge in [-0.25, -0.2) is 0 Å². The second-order valence-corrected chi connectivity index (χ2v) is 5.34. The normalized spacial score (nSPS) is 11.3. The topological polar surface area (TPSA) is 50.9 Å². The lowest BCUT2D eigenvalue weighted by molar-refractivity contribution is 0.848. The van der Waals surface area contributed by atoms with Gasteiger partial charge in [0, 0.05) is 21.7 Å². The van der Waals surface area contributed by atoms with Gasteiger partial charge in [-0.3, -0.25) is 10.8 Å². The van der Waals surface area contributed by atoms with E-state index < -0.39 is 0 Å². The fourth-order valence-corrected chi connectivity index (χ4v) is 2.76. The van der Waals surface area contributed by atoms with Gasteiger partial charge in [0.05, 0.1) is 11.2 Å². The largest absolute Gasteiger partial charge is 0.323 e. The summed E-state index contributed by atoms with van der Waals surface area (Å²) in [6.07, 6.45) is 0. The van der Waals surface area contributed by atoms with Gasteiger partial charge in [0.25, 0.3) is 0 Å². The van der Waals surface area contributed by atoms with Crippen LogP contribution in [0.2, 0.25) is 5.02 Å². The van der Waals surface area contributed by atoms with Gasteiger partial charge in [0.1, 0.15) is 0 Å². The Balaban J connectivity index is 2.94. The molecule has 2 rings (SSSR count). The monoisotopic (exact) mass is 263 g/mol. The molecule has 3 N–H and O–H groups in total. The van der Waals surface area contributed by atoms with Gasteiger partial charge in [0.15, 0.2) is 0 Å². The highest BCUT2D eigenvalue weighted by Crippen LogP contribution is 2.35. The summed E-state index contributed by atoms with van der Waals surface area (Å²) in [6.45, 7) is 8.29. The standard InChI is InChI=1S/C14H18ClN3/c1-7(2)12-9(4)17-13-8(3)5-10(15)6-11(13)14(12)18-16/h5-7H,16H2,1-4H3,(H,17,18). The van der Waals surface area contributed by atoms with Gasteiger partial charge in [-0.05, 0) is 37.5 Å². The zero-order valence-electron chi connectivity index (χ0n) is 11.1. The summed E-state index contributed by atoms with van der Waals surface area (Å²) >= 11 is 6.13. The maximum atomic E-state index is 6.13. The first-order chi connectivity index (χ1) is 8.45. The highest BCUT2D eigenvalue weighted by molar-refractivity contribution is 6.31. The molecule has 0 spiro atoms. The van der Waals surface area contributed by atoms with E-state index in [1.54, 1.807) is 0 Å². The molecule has 0 unspecified atom stereocenters. The first kappa shape index (κ1) is 13.1. The molecule has 18 heavy (non-hydrogen) atoms. The Morgan fingerprint density at radius 3 is 2.50 bits per heavy atom. The van der Waals surface area contributed by atoms with Crippen LogP contribution >= 0.6 is 11.6 Å². The summed E-state index contributed by atoms with van der Waals surface area (Å²) in [4.78, 5) is 4.69. The van der Waals surface area contributed by atoms with Crippen LogP contribution in [0.3, 0.4) is 0 Å². The molecular formula is C14H18ClN3. The molecule has 0 amide bonds. The van der Waals surface area contributed by atoms with Crippen LogP contribution in [0.15, 0.2) is 12.1 Å². The second-order valence-electron chi connectivity index (χ2n) is 4.90. The lowest BCUT2D eigenvalue weighted by atomic mass is 9.96. The quantitative estimate of drug-likeness (QED) is 0.638. The predicted octanol–water partition coefficient (Wildman–Crippen LogP) is 3.91. The highest BCUT2D eigenvalue weighted by Gasteiger charge is 2.16. The minimum absolute atomic E-state index is 0.354. The summed E-state index contributed by atoms with van der Waals surface area (Å²) < 4.78 is 0. The summed E-state index contributed by atoms with van der Waals surface area (Å²) in [6, 6.07) is 3.84. The van der Waals surface area contributed by atoms with E-state index in [1.807, 2.05) is 26.0 Å². The molecule has 0 aliphatic heterocycles. The molecule has 4 heteroatoms. The van der Waals surface area contributed by atoms with Gasteiger partial charge in [-0.15, -0.1) is 0 Å². The average Bonchev–Trinajstić information content (AvgIpc) is 2.28. The number of anilines is 1. The van der Waals surface area contributed by atoms with E-state index in [9.17, 15) is 0 Å². The minimum Gasteiger partial charge on any atom is -0.323 e. The van der Waals surface area contributed by atoms with E-state index in [1.165, 1.54) is 0 Å². The Morgan fingerprint density at radius 2 is 1.94 bits per heavy atom. The number of aryl methyl sites for hydroxylation is 2. The molecule has 0 aliphatic rings. The minimum atomic E-state index is 0.354. The molecule has 0 aliphatic carbocycles. The Labute approximate surface area is 112 Å². The molecule has 0 bridgehead atoms. The van der Waals surface area contributed by atoms with Crippen molar-refractivity contribution in [3.8, 4) is 0 Å². The third kappa shape index (κ3) is 2.04. The molecular weight excluding hydrogens is 246 g/mol. The van der Waals surface area contributed by atoms with E-state index in [2.05, 4.69) is 19.3 Å². The molecule has 0 saturated carbocycles. The molecule has 2 aromatic rings. The SMILES string of the molecule is Cc1nc2c(C)cc(Cl)cc2c(NN)c1C(C)C. The van der Waals surface area contributed by atoms with Gasteiger partial charge in [-0.2, -0.15) is 0 Å². The predicted molar refractivity (Wildman–Crippen MR) is 78.1 cm³/mol. The Kier molecular flexibility index (Phi) is 3.46. The Morgan fingerprint density at radius 1 is 1.28 bits per heavy atom. The summed E-state index contributed by atoms with van der Waals surface area (Å²) in [5, 5.41) is 1.69. The number of hydrazine groups is 1. The molecule has 1 aromatic heterocycles. The third-order valence-corrected chi connectivity index (χ3v) is 3.41. The summed E-state index contributed by atoms with van der Waals surface area (Å²) in [5.74, 6) is 6.06. The molecule has 96 valence electrons. The van der Waals surface area contributed by atoms with Crippen molar-refractivity contribution in [1.29, 1.82) is 0 Å². The van der Waals surface area contributed by atoms with Gasteiger partial charge in [0.2, 0.25) is 0 Å². The van der Waals surface area contributed by atoms with Crippen molar-refractivity contribution in [1.82, 2.24) is 4.98 Å². The molecule has 0 fully saturated rings. The van der Waals surface area contributed by atoms with Gasteiger partial charge < -0.3 is 5.43 Å². The number of pyridine rings is 1. The number of rotatable bonds is 2. The van der Waals surface area contributed by atoms with Gasteiger partial charge >= 0.3 is 0 Å². The van der Waals surface area contributed by atoms with Crippen molar-refractivity contribution >= 4 is 28.2 Å². The Hall–Kier alpha value is -1.32. The number of nitrogens with one attached hydrogen (secondary N) is 1. The molecule has 0 saturated heterocycles. The molecule has 3 nitrogen and oxygen atoms in total. The fraction of sp³-hybridized carbons (Fsp3) is 0.357. The number of halogens is 1. The highest BCUT2D eigenvalue weighted by atomic mass is 35.5. The van der Waals surface area contributed by atoms with E-state index in [-0.39, 0.29) is 0 Å². The van der Waals surface area contributed by atoms with Crippen molar-refractivity contribution in [3.05, 3.63) is 34.0 Å². The van der Waals surface area contributed by atoms with Gasteiger partial charge in [-0.1, -0.05) is 25.4 Å². The number of fused-ring (bicyclic) bond motifs is 1. The maximum absolute atomic E-state index is 6.13. The van der Waals surface area contributed by atoms with Crippen LogP contribution in [0.4, 0.5) is 5.69 Å². The molecule has 1 heterocycles. The fourth-order valence-electron chi connectivity index (χ4n) is 2.49. The van der Waals surface area contributed by atoms with Crippen molar-refractivity contribution in [2.75, 3.05) is 5.43 Å². The number of hydrogen-bond donors (Lipinski definition) is 2. The summed E-state index contributed by atoms with van der Waals surface area (Å²) in [7, 11) is 0. The van der Waals surface area contributed by atoms with Crippen molar-refractivity contribution in [2.24, 2.45) is 5.84 Å². The van der Waals surface area contributed by atoms with Crippen LogP contribution in [0.1, 0.15) is 36.6 Å². The number of nitrogens with zero attached hydrogens (tertiary/aromatic N) is 1. The molecule has 0 radical (unpaired) electrons. The number of nitrogens with two attached hydrogens (primary N) is 1. The first-order valence-electron chi connectivity index (χ1n) is 6.02. The molecule has 1 aromatic carbocycles. The van der Waals surface area contributed by atoms with E-state index in [0.29, 0.717) is 10.9 Å². The van der Waals surface area contributed by atoms with Crippen LogP contribution in [-0.2, 0) is 0 Å². The van der Waals surface area contributed by atoms with Crippen molar-refractivity contribution < 1.29 is 0 Å². The number of benzene rings is 1. The van der Waals surface area contributed by atoms with Crippen LogP contribution in [-0.4, -0.2) is 4.98 Å². The first-order valence-corrected chi connectivity index (χ1v) is 6.40. The third-order valence-electron chi connectivity index (χ3n) is 3.19. The van der Waals surface area contributed by atoms with E-state index >= 15 is 0 Å². The van der Waals surface area contributed by atoms with E-state index in [0.717, 1.165) is 33.4 Å². The smallest absolute Gasteiger partial charge is 0.0756 e. The average molecular weight is 264 g/mol. The van der Waals surface area contributed by atoms with E-state index in [4.69, 9.17) is 22.4 Å². The van der Waals surface area contributed by atoms with Crippen LogP contribution in [0, 0.1) is 13.8 Å². The zero-order valence-corrected chi connectivity index (χ0v) is 11.9. The number of hydrogen-bond acceptors (Lipinski definition) is 3. The Bertz CT molecular complexity index is 606. The summed E-state index contributed by atoms with van der Waals surface area (Å²) in [5.41, 5.74) is 7.92. The van der Waals surface area contributed by atoms with Crippen LogP contribution in [0.25, 0.3) is 10.9 Å². The maximum Gasteiger partial charge on any atom is 0.0756 e. The van der Waals surface area contributed by atoms with Crippen LogP contribution in [0.5, 0.6) is 0 Å². The molecule has 0 atom stereocenters.